The Morgan fingerprint density at radius 1 is 1.48 bits per heavy atom. The molecular weight excluding hydrogens is 285 g/mol. The average Bonchev–Trinajstić information content (AvgIpc) is 2.43. The average molecular weight is 299 g/mol. The number of anilines is 1. The van der Waals surface area contributed by atoms with Gasteiger partial charge >= 0.3 is 5.97 Å². The van der Waals surface area contributed by atoms with Crippen molar-refractivity contribution in [3.63, 3.8) is 0 Å². The van der Waals surface area contributed by atoms with Crippen LogP contribution in [0.15, 0.2) is 12.1 Å². The van der Waals surface area contributed by atoms with E-state index in [2.05, 4.69) is 10.1 Å². The van der Waals surface area contributed by atoms with E-state index in [1.54, 1.807) is 0 Å². The number of benzene rings is 1. The summed E-state index contributed by atoms with van der Waals surface area (Å²) in [6.07, 6.45) is 0.448. The van der Waals surface area contributed by atoms with Crippen molar-refractivity contribution in [2.75, 3.05) is 19.0 Å². The second kappa shape index (κ2) is 7.17. The lowest BCUT2D eigenvalue weighted by Gasteiger charge is -2.09. The third-order valence-corrected chi connectivity index (χ3v) is 2.60. The Balaban J connectivity index is 3.00. The highest BCUT2D eigenvalue weighted by molar-refractivity contribution is 5.92. The van der Waals surface area contributed by atoms with E-state index in [0.29, 0.717) is 12.5 Å². The lowest BCUT2D eigenvalue weighted by atomic mass is 10.1. The molecule has 0 spiro atoms. The van der Waals surface area contributed by atoms with Crippen LogP contribution in [-0.2, 0) is 9.53 Å². The summed E-state index contributed by atoms with van der Waals surface area (Å²) in [4.78, 5) is 32.1. The lowest BCUT2D eigenvalue weighted by Crippen LogP contribution is -2.13. The van der Waals surface area contributed by atoms with Crippen LogP contribution in [0, 0.1) is 15.9 Å². The zero-order valence-electron chi connectivity index (χ0n) is 11.2. The number of esters is 1. The molecule has 0 saturated heterocycles. The van der Waals surface area contributed by atoms with Crippen molar-refractivity contribution in [2.24, 2.45) is 5.73 Å². The van der Waals surface area contributed by atoms with Gasteiger partial charge in [0.1, 0.15) is 11.5 Å². The molecule has 114 valence electrons. The summed E-state index contributed by atoms with van der Waals surface area (Å²) >= 11 is 0. The molecule has 0 fully saturated rings. The first-order valence-corrected chi connectivity index (χ1v) is 5.95. The van der Waals surface area contributed by atoms with Crippen LogP contribution in [0.4, 0.5) is 15.8 Å². The van der Waals surface area contributed by atoms with Crippen LogP contribution in [0.3, 0.4) is 0 Å². The number of ether oxygens (including phenoxy) is 1. The SMILES string of the molecule is COC(=O)c1cc(NCCCC(N)=O)c([N+](=O)[O-])cc1F. The van der Waals surface area contributed by atoms with Gasteiger partial charge in [-0.05, 0) is 12.5 Å². The summed E-state index contributed by atoms with van der Waals surface area (Å²) in [5, 5.41) is 13.5. The van der Waals surface area contributed by atoms with Gasteiger partial charge in [0.25, 0.3) is 5.69 Å². The first-order valence-electron chi connectivity index (χ1n) is 5.95. The van der Waals surface area contributed by atoms with Crippen LogP contribution in [-0.4, -0.2) is 30.5 Å². The van der Waals surface area contributed by atoms with Crippen molar-refractivity contribution < 1.29 is 23.6 Å². The third-order valence-electron chi connectivity index (χ3n) is 2.60. The number of nitro groups is 1. The van der Waals surface area contributed by atoms with Crippen LogP contribution in [0.1, 0.15) is 23.2 Å². The number of rotatable bonds is 7. The maximum absolute atomic E-state index is 13.6. The first-order chi connectivity index (χ1) is 9.86. The monoisotopic (exact) mass is 299 g/mol. The van der Waals surface area contributed by atoms with Crippen LogP contribution in [0.2, 0.25) is 0 Å². The summed E-state index contributed by atoms with van der Waals surface area (Å²) in [7, 11) is 1.07. The number of nitrogens with one attached hydrogen (secondary N) is 1. The van der Waals surface area contributed by atoms with E-state index in [4.69, 9.17) is 5.73 Å². The van der Waals surface area contributed by atoms with E-state index in [9.17, 15) is 24.1 Å². The maximum atomic E-state index is 13.6. The van der Waals surface area contributed by atoms with Crippen molar-refractivity contribution in [3.8, 4) is 0 Å². The first kappa shape index (κ1) is 16.3. The molecule has 0 aromatic heterocycles. The minimum absolute atomic E-state index is 0.0359. The Bertz CT molecular complexity index is 576. The van der Waals surface area contributed by atoms with Crippen LogP contribution in [0.5, 0.6) is 0 Å². The van der Waals surface area contributed by atoms with Gasteiger partial charge in [0.05, 0.1) is 23.7 Å². The number of nitrogens with zero attached hydrogens (tertiary/aromatic N) is 1. The van der Waals surface area contributed by atoms with Gasteiger partial charge in [0.2, 0.25) is 5.91 Å². The minimum atomic E-state index is -1.05. The predicted octanol–water partition coefficient (Wildman–Crippen LogP) is 1.20. The molecular formula is C12H14FN3O5. The highest BCUT2D eigenvalue weighted by atomic mass is 19.1. The minimum Gasteiger partial charge on any atom is -0.465 e. The summed E-state index contributed by atoms with van der Waals surface area (Å²) in [6.45, 7) is 0.204. The quantitative estimate of drug-likeness (QED) is 0.337. The molecule has 0 atom stereocenters. The Hall–Kier alpha value is -2.71. The van der Waals surface area contributed by atoms with Gasteiger partial charge in [-0.25, -0.2) is 9.18 Å². The van der Waals surface area contributed by atoms with Gasteiger partial charge in [-0.2, -0.15) is 0 Å². The van der Waals surface area contributed by atoms with E-state index >= 15 is 0 Å². The maximum Gasteiger partial charge on any atom is 0.340 e. The number of primary amides is 1. The summed E-state index contributed by atoms with van der Waals surface area (Å²) in [5.74, 6) is -2.49. The second-order valence-electron chi connectivity index (χ2n) is 4.09. The molecule has 0 unspecified atom stereocenters. The third kappa shape index (κ3) is 4.41. The fourth-order valence-corrected chi connectivity index (χ4v) is 1.61. The van der Waals surface area contributed by atoms with E-state index in [-0.39, 0.29) is 18.7 Å². The van der Waals surface area contributed by atoms with Crippen molar-refractivity contribution in [1.82, 2.24) is 0 Å². The number of halogens is 1. The number of methoxy groups -OCH3 is 1. The Labute approximate surface area is 119 Å². The smallest absolute Gasteiger partial charge is 0.340 e. The van der Waals surface area contributed by atoms with Gasteiger partial charge in [-0.15, -0.1) is 0 Å². The van der Waals surface area contributed by atoms with E-state index < -0.39 is 33.9 Å². The highest BCUT2D eigenvalue weighted by Gasteiger charge is 2.22. The molecule has 0 saturated carbocycles. The van der Waals surface area contributed by atoms with Crippen molar-refractivity contribution >= 4 is 23.3 Å². The molecule has 1 aromatic carbocycles. The zero-order valence-corrected chi connectivity index (χ0v) is 11.2. The van der Waals surface area contributed by atoms with E-state index in [1.807, 2.05) is 0 Å². The molecule has 9 heteroatoms. The molecule has 8 nitrogen and oxygen atoms in total. The molecule has 1 aromatic rings. The standard InChI is InChI=1S/C12H14FN3O5/c1-21-12(18)7-5-9(15-4-2-3-11(14)17)10(16(19)20)6-8(7)13/h5-6,15H,2-4H2,1H3,(H2,14,17). The molecule has 21 heavy (non-hydrogen) atoms. The molecule has 0 radical (unpaired) electrons. The number of amides is 1. The lowest BCUT2D eigenvalue weighted by molar-refractivity contribution is -0.384. The number of hydrogen-bond acceptors (Lipinski definition) is 6. The Morgan fingerprint density at radius 3 is 2.67 bits per heavy atom. The number of carbonyl (C=O) groups excluding carboxylic acids is 2. The van der Waals surface area contributed by atoms with Gasteiger partial charge < -0.3 is 15.8 Å². The number of hydrogen-bond donors (Lipinski definition) is 2. The Kier molecular flexibility index (Phi) is 5.58. The fourth-order valence-electron chi connectivity index (χ4n) is 1.61. The van der Waals surface area contributed by atoms with Crippen LogP contribution < -0.4 is 11.1 Å². The molecule has 0 aliphatic rings. The number of carbonyl (C=O) groups is 2. The largest absolute Gasteiger partial charge is 0.465 e. The fraction of sp³-hybridized carbons (Fsp3) is 0.333. The van der Waals surface area contributed by atoms with Gasteiger partial charge in [-0.3, -0.25) is 14.9 Å². The molecule has 0 aliphatic heterocycles. The summed E-state index contributed by atoms with van der Waals surface area (Å²) in [5.41, 5.74) is 4.00. The second-order valence-corrected chi connectivity index (χ2v) is 4.09. The highest BCUT2D eigenvalue weighted by Crippen LogP contribution is 2.28. The predicted molar refractivity (Wildman–Crippen MR) is 71.3 cm³/mol. The molecule has 1 amide bonds. The van der Waals surface area contributed by atoms with Gasteiger partial charge in [0.15, 0.2) is 0 Å². The topological polar surface area (TPSA) is 125 Å². The normalized spacial score (nSPS) is 10.0. The van der Waals surface area contributed by atoms with Crippen LogP contribution >= 0.6 is 0 Å². The van der Waals surface area contributed by atoms with Crippen molar-refractivity contribution in [3.05, 3.63) is 33.6 Å². The van der Waals surface area contributed by atoms with Crippen LogP contribution in [0.25, 0.3) is 0 Å². The van der Waals surface area contributed by atoms with Crippen molar-refractivity contribution in [2.45, 2.75) is 12.8 Å². The van der Waals surface area contributed by atoms with Crippen molar-refractivity contribution in [1.29, 1.82) is 0 Å². The number of nitro benzene ring substituents is 1. The summed E-state index contributed by atoms with van der Waals surface area (Å²) in [6, 6.07) is 1.65. The number of nitrogens with two attached hydrogens (primary N) is 1. The molecule has 0 bridgehead atoms. The molecule has 0 aliphatic carbocycles. The Morgan fingerprint density at radius 2 is 2.14 bits per heavy atom. The van der Waals surface area contributed by atoms with E-state index in [0.717, 1.165) is 13.2 Å². The van der Waals surface area contributed by atoms with Gasteiger partial charge in [0, 0.05) is 13.0 Å². The molecule has 1 rings (SSSR count). The zero-order chi connectivity index (χ0) is 16.0. The molecule has 0 heterocycles. The van der Waals surface area contributed by atoms with E-state index in [1.165, 1.54) is 0 Å². The van der Waals surface area contributed by atoms with Gasteiger partial charge in [-0.1, -0.05) is 0 Å². The summed E-state index contributed by atoms with van der Waals surface area (Å²) < 4.78 is 18.0. The molecule has 3 N–H and O–H groups in total.